The van der Waals surface area contributed by atoms with Gasteiger partial charge in [0.1, 0.15) is 5.75 Å². The minimum atomic E-state index is -5.91. The highest BCUT2D eigenvalue weighted by Crippen LogP contribution is 2.34. The average molecular weight is 686 g/mol. The number of rotatable bonds is 22. The van der Waals surface area contributed by atoms with Gasteiger partial charge in [0.15, 0.2) is 28.0 Å². The number of hydrogen-bond acceptors (Lipinski definition) is 6. The Balaban J connectivity index is 1.94. The summed E-state index contributed by atoms with van der Waals surface area (Å²) in [5, 5.41) is 2.53. The van der Waals surface area contributed by atoms with Crippen LogP contribution >= 0.6 is 0 Å². The monoisotopic (exact) mass is 685 g/mol. The maximum Gasteiger partial charge on any atom is 0.437 e. The Morgan fingerprint density at radius 2 is 1.13 bits per heavy atom. The van der Waals surface area contributed by atoms with Crippen molar-refractivity contribution in [2.75, 3.05) is 13.2 Å². The van der Waals surface area contributed by atoms with E-state index in [1.807, 2.05) is 0 Å². The Kier molecular flexibility index (Phi) is 16.7. The Labute approximate surface area is 266 Å². The Morgan fingerprint density at radius 3 is 1.57 bits per heavy atom. The molecule has 6 nitrogen and oxygen atoms in total. The quantitative estimate of drug-likeness (QED) is 0.0406. The summed E-state index contributed by atoms with van der Waals surface area (Å²) in [5.41, 5.74) is -2.58. The van der Waals surface area contributed by atoms with E-state index in [0.717, 1.165) is 49.9 Å². The van der Waals surface area contributed by atoms with Crippen LogP contribution in [0, 0.1) is 23.3 Å². The molecule has 0 aromatic heterocycles. The third-order valence-corrected chi connectivity index (χ3v) is 8.24. The summed E-state index contributed by atoms with van der Waals surface area (Å²) in [4.78, 5) is -2.29. The lowest BCUT2D eigenvalue weighted by Gasteiger charge is -2.14. The highest BCUT2D eigenvalue weighted by atomic mass is 32.2. The fraction of sp³-hybridized carbons (Fsp3) is 0.594. The molecule has 0 aliphatic heterocycles. The number of ether oxygens (including phenoxy) is 2. The Bertz CT molecular complexity index is 1320. The first-order valence-corrected chi connectivity index (χ1v) is 17.1. The molecule has 0 N–H and O–H groups in total. The summed E-state index contributed by atoms with van der Waals surface area (Å²) < 4.78 is 138. The van der Waals surface area contributed by atoms with E-state index in [9.17, 15) is 39.2 Å². The molecule has 0 radical (unpaired) electrons. The first kappa shape index (κ1) is 39.1. The van der Waals surface area contributed by atoms with Gasteiger partial charge in [-0.05, 0) is 37.6 Å². The molecule has 0 bridgehead atoms. The van der Waals surface area contributed by atoms with Crippen molar-refractivity contribution >= 4 is 15.8 Å². The smallest absolute Gasteiger partial charge is 0.437 e. The van der Waals surface area contributed by atoms with E-state index >= 15 is 0 Å². The molecular weight excluding hydrogens is 643 g/mol. The molecule has 260 valence electrons. The van der Waals surface area contributed by atoms with Crippen molar-refractivity contribution < 1.29 is 52.9 Å². The minimum absolute atomic E-state index is 0.197. The minimum Gasteiger partial charge on any atom is -0.494 e. The first-order chi connectivity index (χ1) is 21.8. The maximum absolute atomic E-state index is 14.7. The number of benzene rings is 2. The van der Waals surface area contributed by atoms with Crippen molar-refractivity contribution in [3.8, 4) is 11.5 Å². The Hall–Kier alpha value is -3.03. The molecule has 2 aromatic rings. The molecule has 0 amide bonds. The molecule has 46 heavy (non-hydrogen) atoms. The van der Waals surface area contributed by atoms with Crippen LogP contribution in [0.5, 0.6) is 11.5 Å². The van der Waals surface area contributed by atoms with Gasteiger partial charge in [0, 0.05) is 5.56 Å². The molecule has 0 unspecified atom stereocenters. The molecule has 2 aromatic carbocycles. The normalized spacial score (nSPS) is 12.4. The summed E-state index contributed by atoms with van der Waals surface area (Å²) in [6.45, 7) is 3.73. The molecule has 0 aliphatic carbocycles. The van der Waals surface area contributed by atoms with E-state index in [0.29, 0.717) is 12.8 Å². The van der Waals surface area contributed by atoms with E-state index in [1.165, 1.54) is 51.4 Å². The molecule has 0 spiro atoms. The lowest BCUT2D eigenvalue weighted by molar-refractivity contribution is -0.0597. The summed E-state index contributed by atoms with van der Waals surface area (Å²) in [5.74, 6) is -10.5. The number of oxime groups is 1. The van der Waals surface area contributed by atoms with Crippen LogP contribution in [0.3, 0.4) is 0 Å². The second-order valence-electron chi connectivity index (χ2n) is 10.8. The van der Waals surface area contributed by atoms with Crippen LogP contribution in [0.15, 0.2) is 34.3 Å². The van der Waals surface area contributed by atoms with Crippen molar-refractivity contribution in [3.63, 3.8) is 0 Å². The van der Waals surface area contributed by atoms with Crippen LogP contribution in [-0.4, -0.2) is 33.5 Å². The van der Waals surface area contributed by atoms with E-state index in [2.05, 4.69) is 16.4 Å². The van der Waals surface area contributed by atoms with Crippen LogP contribution in [-0.2, 0) is 14.4 Å². The van der Waals surface area contributed by atoms with Gasteiger partial charge < -0.3 is 9.47 Å². The number of unbranched alkanes of at least 4 members (excludes halogenated alkanes) is 13. The topological polar surface area (TPSA) is 74.2 Å². The predicted molar refractivity (Wildman–Crippen MR) is 161 cm³/mol. The van der Waals surface area contributed by atoms with Gasteiger partial charge in [-0.2, -0.15) is 30.4 Å². The summed E-state index contributed by atoms with van der Waals surface area (Å²) in [7, 11) is -5.91. The number of alkyl halides is 3. The standard InChI is InChI=1S/C32H42F7NO5S/c1-3-5-6-7-8-9-10-11-12-13-14-15-16-17-22-44-29-25(33)27(35)30(28(36)26(29)34)46(41,42)45-40-31(32(37,38)39)23-18-20-24(21-19-23)43-4-2/h18-21H,3-17,22H2,1-2H3/b40-31-. The van der Waals surface area contributed by atoms with Crippen LogP contribution in [0.1, 0.15) is 109 Å². The zero-order chi connectivity index (χ0) is 34.2. The van der Waals surface area contributed by atoms with E-state index in [-0.39, 0.29) is 19.0 Å². The molecule has 0 heterocycles. The lowest BCUT2D eigenvalue weighted by Crippen LogP contribution is -2.25. The molecular formula is C32H42F7NO5S. The largest absolute Gasteiger partial charge is 0.494 e. The number of hydrogen-bond donors (Lipinski definition) is 0. The Morgan fingerprint density at radius 1 is 0.674 bits per heavy atom. The zero-order valence-corrected chi connectivity index (χ0v) is 27.0. The second kappa shape index (κ2) is 19.6. The van der Waals surface area contributed by atoms with Crippen LogP contribution in [0.4, 0.5) is 30.7 Å². The summed E-state index contributed by atoms with van der Waals surface area (Å²) >= 11 is 0. The van der Waals surface area contributed by atoms with E-state index in [4.69, 9.17) is 9.47 Å². The highest BCUT2D eigenvalue weighted by molar-refractivity contribution is 7.86. The first-order valence-electron chi connectivity index (χ1n) is 15.7. The van der Waals surface area contributed by atoms with Crippen LogP contribution in [0.25, 0.3) is 0 Å². The van der Waals surface area contributed by atoms with Gasteiger partial charge in [0.2, 0.25) is 11.6 Å². The van der Waals surface area contributed by atoms with Crippen molar-refractivity contribution in [1.82, 2.24) is 0 Å². The fourth-order valence-corrected chi connectivity index (χ4v) is 5.54. The molecule has 2 rings (SSSR count). The molecule has 0 saturated carbocycles. The van der Waals surface area contributed by atoms with E-state index in [1.54, 1.807) is 6.92 Å². The molecule has 0 atom stereocenters. The van der Waals surface area contributed by atoms with Gasteiger partial charge in [-0.1, -0.05) is 95.6 Å². The molecule has 0 saturated heterocycles. The lowest BCUT2D eigenvalue weighted by atomic mass is 10.0. The number of nitrogens with zero attached hydrogens (tertiary/aromatic N) is 1. The van der Waals surface area contributed by atoms with Gasteiger partial charge in [-0.15, -0.1) is 0 Å². The summed E-state index contributed by atoms with van der Waals surface area (Å²) in [6, 6.07) is 4.04. The van der Waals surface area contributed by atoms with Gasteiger partial charge >= 0.3 is 16.3 Å². The predicted octanol–water partition coefficient (Wildman–Crippen LogP) is 10.2. The van der Waals surface area contributed by atoms with Gasteiger partial charge in [0.05, 0.1) is 13.2 Å². The van der Waals surface area contributed by atoms with Crippen molar-refractivity contribution in [3.05, 3.63) is 53.1 Å². The van der Waals surface area contributed by atoms with Crippen molar-refractivity contribution in [2.45, 2.75) is 115 Å². The van der Waals surface area contributed by atoms with Crippen LogP contribution in [0.2, 0.25) is 0 Å². The SMILES string of the molecule is CCCCCCCCCCCCCCCCOc1c(F)c(F)c(S(=O)(=O)O/N=C(/c2ccc(OCC)cc2)C(F)(F)F)c(F)c1F. The van der Waals surface area contributed by atoms with Crippen LogP contribution < -0.4 is 9.47 Å². The van der Waals surface area contributed by atoms with E-state index < -0.39 is 61.5 Å². The third kappa shape index (κ3) is 12.3. The third-order valence-electron chi connectivity index (χ3n) is 7.11. The average Bonchev–Trinajstić information content (AvgIpc) is 3.00. The highest BCUT2D eigenvalue weighted by Gasteiger charge is 2.40. The van der Waals surface area contributed by atoms with Gasteiger partial charge in [-0.25, -0.2) is 8.78 Å². The number of halogens is 7. The summed E-state index contributed by atoms with van der Waals surface area (Å²) in [6.07, 6.45) is 9.56. The fourth-order valence-electron chi connectivity index (χ4n) is 4.68. The molecule has 0 aliphatic rings. The zero-order valence-electron chi connectivity index (χ0n) is 26.2. The van der Waals surface area contributed by atoms with Gasteiger partial charge in [0.25, 0.3) is 0 Å². The second-order valence-corrected chi connectivity index (χ2v) is 12.2. The molecule has 14 heteroatoms. The van der Waals surface area contributed by atoms with Crippen molar-refractivity contribution in [1.29, 1.82) is 0 Å². The van der Waals surface area contributed by atoms with Gasteiger partial charge in [-0.3, -0.25) is 4.28 Å². The molecule has 0 fully saturated rings. The van der Waals surface area contributed by atoms with Crippen molar-refractivity contribution in [2.24, 2.45) is 5.16 Å². The maximum atomic E-state index is 14.7.